The van der Waals surface area contributed by atoms with E-state index in [2.05, 4.69) is 21.7 Å². The Hall–Kier alpha value is -1.25. The summed E-state index contributed by atoms with van der Waals surface area (Å²) >= 11 is 0. The lowest BCUT2D eigenvalue weighted by atomic mass is 10.1. The number of benzene rings is 1. The lowest BCUT2D eigenvalue weighted by Crippen LogP contribution is -2.38. The van der Waals surface area contributed by atoms with E-state index in [-0.39, 0.29) is 24.0 Å². The average molecular weight is 441 g/mol. The van der Waals surface area contributed by atoms with Gasteiger partial charge >= 0.3 is 6.18 Å². The zero-order valence-electron chi connectivity index (χ0n) is 13.3. The van der Waals surface area contributed by atoms with Gasteiger partial charge in [-0.15, -0.1) is 24.0 Å². The van der Waals surface area contributed by atoms with E-state index in [9.17, 15) is 13.2 Å². The second-order valence-electron chi connectivity index (χ2n) is 4.73. The Labute approximate surface area is 152 Å². The molecule has 0 heterocycles. The third-order valence-electron chi connectivity index (χ3n) is 3.05. The highest BCUT2D eigenvalue weighted by molar-refractivity contribution is 14.0. The van der Waals surface area contributed by atoms with Gasteiger partial charge in [-0.2, -0.15) is 13.2 Å². The molecule has 0 atom stereocenters. The standard InChI is InChI=1S/C16H22F3N3.HI/c1-3-4-5-11-21-15(20-2)22-12-10-13-6-8-14(9-7-13)16(17,18)19;/h3-4,6-9H,5,10-12H2,1-2H3,(H2,20,21,22);1H/b4-3+;. The summed E-state index contributed by atoms with van der Waals surface area (Å²) in [5, 5.41) is 6.29. The number of aliphatic imine (C=N–C) groups is 1. The molecule has 2 N–H and O–H groups in total. The SMILES string of the molecule is C/C=C/CCNC(=NC)NCCc1ccc(C(F)(F)F)cc1.I. The fraction of sp³-hybridized carbons (Fsp3) is 0.438. The van der Waals surface area contributed by atoms with Gasteiger partial charge in [-0.3, -0.25) is 4.99 Å². The maximum Gasteiger partial charge on any atom is 0.416 e. The molecule has 0 aliphatic carbocycles. The third-order valence-corrected chi connectivity index (χ3v) is 3.05. The molecule has 0 saturated carbocycles. The predicted molar refractivity (Wildman–Crippen MR) is 99.4 cm³/mol. The van der Waals surface area contributed by atoms with E-state index in [0.29, 0.717) is 18.9 Å². The molecule has 130 valence electrons. The van der Waals surface area contributed by atoms with Crippen LogP contribution in [0.3, 0.4) is 0 Å². The molecule has 0 bridgehead atoms. The summed E-state index contributed by atoms with van der Waals surface area (Å²) < 4.78 is 37.4. The number of guanidine groups is 1. The Balaban J connectivity index is 0.00000484. The van der Waals surface area contributed by atoms with Crippen LogP contribution in [0.25, 0.3) is 0 Å². The van der Waals surface area contributed by atoms with Crippen LogP contribution >= 0.6 is 24.0 Å². The minimum absolute atomic E-state index is 0. The molecule has 23 heavy (non-hydrogen) atoms. The molecule has 0 aromatic heterocycles. The summed E-state index contributed by atoms with van der Waals surface area (Å²) in [7, 11) is 1.68. The van der Waals surface area contributed by atoms with Gasteiger partial charge in [-0.25, -0.2) is 0 Å². The van der Waals surface area contributed by atoms with E-state index < -0.39 is 11.7 Å². The molecule has 3 nitrogen and oxygen atoms in total. The van der Waals surface area contributed by atoms with E-state index in [1.807, 2.05) is 13.0 Å². The quantitative estimate of drug-likeness (QED) is 0.230. The van der Waals surface area contributed by atoms with Crippen molar-refractivity contribution in [3.8, 4) is 0 Å². The number of hydrogen-bond acceptors (Lipinski definition) is 1. The summed E-state index contributed by atoms with van der Waals surface area (Å²) in [6.45, 7) is 3.36. The Morgan fingerprint density at radius 2 is 1.74 bits per heavy atom. The average Bonchev–Trinajstić information content (AvgIpc) is 2.49. The van der Waals surface area contributed by atoms with Gasteiger partial charge < -0.3 is 10.6 Å². The number of nitrogens with zero attached hydrogens (tertiary/aromatic N) is 1. The monoisotopic (exact) mass is 441 g/mol. The van der Waals surface area contributed by atoms with Crippen molar-refractivity contribution in [3.05, 3.63) is 47.5 Å². The third kappa shape index (κ3) is 8.83. The lowest BCUT2D eigenvalue weighted by Gasteiger charge is -2.11. The van der Waals surface area contributed by atoms with Crippen LogP contribution in [0.1, 0.15) is 24.5 Å². The van der Waals surface area contributed by atoms with Crippen LogP contribution in [0.15, 0.2) is 41.4 Å². The van der Waals surface area contributed by atoms with Crippen molar-refractivity contribution >= 4 is 29.9 Å². The van der Waals surface area contributed by atoms with E-state index >= 15 is 0 Å². The first-order valence-electron chi connectivity index (χ1n) is 7.19. The van der Waals surface area contributed by atoms with Gasteiger partial charge in [0, 0.05) is 20.1 Å². The maximum absolute atomic E-state index is 12.5. The van der Waals surface area contributed by atoms with Gasteiger partial charge in [0.25, 0.3) is 0 Å². The Morgan fingerprint density at radius 3 is 2.26 bits per heavy atom. The molecule has 0 amide bonds. The minimum Gasteiger partial charge on any atom is -0.356 e. The van der Waals surface area contributed by atoms with Crippen molar-refractivity contribution in [1.82, 2.24) is 10.6 Å². The van der Waals surface area contributed by atoms with Crippen LogP contribution in [0, 0.1) is 0 Å². The molecular formula is C16H23F3IN3. The number of allylic oxidation sites excluding steroid dienone is 1. The maximum atomic E-state index is 12.5. The second-order valence-corrected chi connectivity index (χ2v) is 4.73. The van der Waals surface area contributed by atoms with Gasteiger partial charge in [-0.05, 0) is 37.5 Å². The fourth-order valence-corrected chi connectivity index (χ4v) is 1.85. The molecule has 0 unspecified atom stereocenters. The molecule has 0 radical (unpaired) electrons. The first-order valence-corrected chi connectivity index (χ1v) is 7.19. The van der Waals surface area contributed by atoms with Gasteiger partial charge in [-0.1, -0.05) is 24.3 Å². The van der Waals surface area contributed by atoms with Crippen LogP contribution in [0.4, 0.5) is 13.2 Å². The van der Waals surface area contributed by atoms with Crippen LogP contribution in [0.5, 0.6) is 0 Å². The van der Waals surface area contributed by atoms with Crippen molar-refractivity contribution in [2.45, 2.75) is 25.9 Å². The first-order chi connectivity index (χ1) is 10.5. The summed E-state index contributed by atoms with van der Waals surface area (Å²) in [4.78, 5) is 4.08. The Morgan fingerprint density at radius 1 is 1.13 bits per heavy atom. The molecule has 0 fully saturated rings. The highest BCUT2D eigenvalue weighted by Gasteiger charge is 2.29. The van der Waals surface area contributed by atoms with Crippen LogP contribution in [-0.4, -0.2) is 26.1 Å². The number of nitrogens with one attached hydrogen (secondary N) is 2. The van der Waals surface area contributed by atoms with Crippen molar-refractivity contribution in [2.24, 2.45) is 4.99 Å². The molecule has 0 aliphatic heterocycles. The fourth-order valence-electron chi connectivity index (χ4n) is 1.85. The van der Waals surface area contributed by atoms with Gasteiger partial charge in [0.05, 0.1) is 5.56 Å². The Bertz CT molecular complexity index is 496. The number of rotatable bonds is 6. The first kappa shape index (κ1) is 21.8. The normalized spacial score (nSPS) is 12.1. The van der Waals surface area contributed by atoms with Crippen LogP contribution < -0.4 is 10.6 Å². The molecule has 0 saturated heterocycles. The number of alkyl halides is 3. The minimum atomic E-state index is -4.28. The van der Waals surface area contributed by atoms with Crippen molar-refractivity contribution in [1.29, 1.82) is 0 Å². The molecular weight excluding hydrogens is 418 g/mol. The lowest BCUT2D eigenvalue weighted by molar-refractivity contribution is -0.137. The zero-order chi connectivity index (χ0) is 16.4. The van der Waals surface area contributed by atoms with Crippen LogP contribution in [0.2, 0.25) is 0 Å². The topological polar surface area (TPSA) is 36.4 Å². The molecule has 7 heteroatoms. The van der Waals surface area contributed by atoms with E-state index in [0.717, 1.165) is 30.7 Å². The second kappa shape index (κ2) is 11.3. The number of halogens is 4. The zero-order valence-corrected chi connectivity index (χ0v) is 15.6. The predicted octanol–water partition coefficient (Wildman–Crippen LogP) is 4.00. The molecule has 1 aromatic carbocycles. The Kier molecular flexibility index (Phi) is 10.7. The van der Waals surface area contributed by atoms with Crippen molar-refractivity contribution < 1.29 is 13.2 Å². The largest absolute Gasteiger partial charge is 0.416 e. The molecule has 0 aliphatic rings. The van der Waals surface area contributed by atoms with E-state index in [1.54, 1.807) is 7.05 Å². The summed E-state index contributed by atoms with van der Waals surface area (Å²) in [6, 6.07) is 5.23. The van der Waals surface area contributed by atoms with Crippen molar-refractivity contribution in [3.63, 3.8) is 0 Å². The van der Waals surface area contributed by atoms with E-state index in [4.69, 9.17) is 0 Å². The van der Waals surface area contributed by atoms with Gasteiger partial charge in [0.15, 0.2) is 5.96 Å². The smallest absolute Gasteiger partial charge is 0.356 e. The molecule has 1 aromatic rings. The summed E-state index contributed by atoms with van der Waals surface area (Å²) in [6.07, 6.45) is 1.31. The highest BCUT2D eigenvalue weighted by atomic mass is 127. The summed E-state index contributed by atoms with van der Waals surface area (Å²) in [5.74, 6) is 0.691. The molecule has 1 rings (SSSR count). The molecule has 0 spiro atoms. The number of hydrogen-bond donors (Lipinski definition) is 2. The van der Waals surface area contributed by atoms with Gasteiger partial charge in [0.2, 0.25) is 0 Å². The van der Waals surface area contributed by atoms with Crippen LogP contribution in [-0.2, 0) is 12.6 Å². The van der Waals surface area contributed by atoms with E-state index in [1.165, 1.54) is 12.1 Å². The summed E-state index contributed by atoms with van der Waals surface area (Å²) in [5.41, 5.74) is 0.232. The van der Waals surface area contributed by atoms with Crippen molar-refractivity contribution in [2.75, 3.05) is 20.1 Å². The van der Waals surface area contributed by atoms with Gasteiger partial charge in [0.1, 0.15) is 0 Å². The highest BCUT2D eigenvalue weighted by Crippen LogP contribution is 2.29.